The number of ketones is 1. The number of benzene rings is 1. The van der Waals surface area contributed by atoms with Crippen LogP contribution in [0.3, 0.4) is 0 Å². The van der Waals surface area contributed by atoms with Gasteiger partial charge in [0.05, 0.1) is 17.0 Å². The Bertz CT molecular complexity index is 1300. The lowest BCUT2D eigenvalue weighted by molar-refractivity contribution is 0.103. The van der Waals surface area contributed by atoms with Crippen molar-refractivity contribution < 1.29 is 22.0 Å². The number of aromatic amines is 1. The fourth-order valence-corrected chi connectivity index (χ4v) is 4.17. The quantitative estimate of drug-likeness (QED) is 0.294. The summed E-state index contributed by atoms with van der Waals surface area (Å²) >= 11 is 0. The molecule has 0 aliphatic heterocycles. The molecule has 0 amide bonds. The Balaban J connectivity index is 2.08. The van der Waals surface area contributed by atoms with Crippen molar-refractivity contribution >= 4 is 44.5 Å². The summed E-state index contributed by atoms with van der Waals surface area (Å²) in [6.45, 7) is 1.64. The number of nitrogens with zero attached hydrogens (tertiary/aromatic N) is 1. The van der Waals surface area contributed by atoms with Crippen LogP contribution in [0.5, 0.6) is 0 Å². The predicted octanol–water partition coefficient (Wildman–Crippen LogP) is 3.63. The highest BCUT2D eigenvalue weighted by atomic mass is 32.2. The maximum atomic E-state index is 15.0. The van der Waals surface area contributed by atoms with E-state index in [0.29, 0.717) is 12.0 Å². The number of rotatable bonds is 9. The lowest BCUT2D eigenvalue weighted by Gasteiger charge is -2.11. The Morgan fingerprint density at radius 2 is 2.06 bits per heavy atom. The van der Waals surface area contributed by atoms with Crippen LogP contribution >= 0.6 is 0 Å². The third-order valence-corrected chi connectivity index (χ3v) is 5.96. The number of fused-ring (bicyclic) bond motifs is 1. The molecule has 0 saturated carbocycles. The summed E-state index contributed by atoms with van der Waals surface area (Å²) in [7, 11) is -3.85. The van der Waals surface area contributed by atoms with E-state index in [-0.39, 0.29) is 34.5 Å². The lowest BCUT2D eigenvalue weighted by atomic mass is 10.00. The van der Waals surface area contributed by atoms with Gasteiger partial charge in [-0.15, -0.1) is 0 Å². The van der Waals surface area contributed by atoms with Crippen LogP contribution in [0.1, 0.15) is 41.3 Å². The first kappa shape index (κ1) is 22.2. The molecule has 0 spiro atoms. The zero-order chi connectivity index (χ0) is 22.8. The molecule has 0 atom stereocenters. The van der Waals surface area contributed by atoms with E-state index >= 15 is 0 Å². The predicted molar refractivity (Wildman–Crippen MR) is 114 cm³/mol. The normalized spacial score (nSPS) is 11.5. The molecule has 0 bridgehead atoms. The van der Waals surface area contributed by atoms with Crippen molar-refractivity contribution in [3.8, 4) is 0 Å². The van der Waals surface area contributed by atoms with Gasteiger partial charge >= 0.3 is 0 Å². The van der Waals surface area contributed by atoms with Crippen molar-refractivity contribution in [2.45, 2.75) is 19.8 Å². The Kier molecular flexibility index (Phi) is 6.25. The van der Waals surface area contributed by atoms with Gasteiger partial charge in [0.15, 0.2) is 5.82 Å². The molecule has 1 aromatic carbocycles. The van der Waals surface area contributed by atoms with Gasteiger partial charge in [0.1, 0.15) is 11.5 Å². The Morgan fingerprint density at radius 3 is 2.74 bits per heavy atom. The summed E-state index contributed by atoms with van der Waals surface area (Å²) in [6, 6.07) is 3.21. The standard InChI is InChI=1S/C20H19F2N5O3S/c1-2-7-31(29,30)27-16-4-3-14(21)17(18(16)22)19(28)13-10-26-20-12(13)8-11(9-25-20)15(24)5-6-23/h3-4,6,8-10,23-24,27H,2,5,7H2,1H3,(H,25,26). The lowest BCUT2D eigenvalue weighted by Crippen LogP contribution is -2.18. The fourth-order valence-electron chi connectivity index (χ4n) is 3.04. The first-order chi connectivity index (χ1) is 14.7. The number of aromatic nitrogens is 2. The first-order valence-electron chi connectivity index (χ1n) is 9.25. The summed E-state index contributed by atoms with van der Waals surface area (Å²) in [5.41, 5.74) is -0.795. The summed E-state index contributed by atoms with van der Waals surface area (Å²) in [6.07, 6.45) is 4.04. The highest BCUT2D eigenvalue weighted by Crippen LogP contribution is 2.28. The van der Waals surface area contributed by atoms with Crippen molar-refractivity contribution in [1.82, 2.24) is 9.97 Å². The third-order valence-electron chi connectivity index (χ3n) is 4.49. The van der Waals surface area contributed by atoms with Crippen LogP contribution in [-0.4, -0.2) is 41.8 Å². The van der Waals surface area contributed by atoms with Gasteiger partial charge in [-0.25, -0.2) is 22.2 Å². The molecule has 162 valence electrons. The number of nitrogens with one attached hydrogen (secondary N) is 4. The monoisotopic (exact) mass is 447 g/mol. The number of carbonyl (C=O) groups is 1. The summed E-state index contributed by atoms with van der Waals surface area (Å²) < 4.78 is 55.4. The van der Waals surface area contributed by atoms with Crippen molar-refractivity contribution in [3.63, 3.8) is 0 Å². The van der Waals surface area contributed by atoms with Crippen LogP contribution in [0, 0.1) is 22.5 Å². The summed E-state index contributed by atoms with van der Waals surface area (Å²) in [5, 5.41) is 15.3. The third kappa shape index (κ3) is 4.50. The zero-order valence-corrected chi connectivity index (χ0v) is 17.2. The van der Waals surface area contributed by atoms with Crippen LogP contribution in [0.2, 0.25) is 0 Å². The minimum Gasteiger partial charge on any atom is -0.345 e. The van der Waals surface area contributed by atoms with Crippen LogP contribution in [0.15, 0.2) is 30.6 Å². The average molecular weight is 447 g/mol. The minimum absolute atomic E-state index is 0.0596. The van der Waals surface area contributed by atoms with E-state index in [1.165, 1.54) is 18.5 Å². The SMILES string of the molecule is CCCS(=O)(=O)Nc1ccc(F)c(C(=O)c2c[nH]c3ncc(C(=N)CC=N)cc23)c1F. The molecule has 0 saturated heterocycles. The maximum Gasteiger partial charge on any atom is 0.232 e. The first-order valence-corrected chi connectivity index (χ1v) is 10.9. The van der Waals surface area contributed by atoms with Gasteiger partial charge in [0.25, 0.3) is 0 Å². The second-order valence-electron chi connectivity index (χ2n) is 6.74. The van der Waals surface area contributed by atoms with Gasteiger partial charge in [-0.1, -0.05) is 6.92 Å². The van der Waals surface area contributed by atoms with Crippen molar-refractivity contribution in [2.75, 3.05) is 10.5 Å². The molecular weight excluding hydrogens is 428 g/mol. The number of halogens is 2. The Labute approximate surface area is 176 Å². The molecule has 4 N–H and O–H groups in total. The summed E-state index contributed by atoms with van der Waals surface area (Å²) in [4.78, 5) is 19.9. The molecule has 0 aliphatic carbocycles. The number of pyridine rings is 1. The largest absolute Gasteiger partial charge is 0.345 e. The van der Waals surface area contributed by atoms with Gasteiger partial charge in [-0.05, 0) is 24.6 Å². The van der Waals surface area contributed by atoms with E-state index in [0.717, 1.165) is 18.3 Å². The molecule has 0 fully saturated rings. The second kappa shape index (κ2) is 8.72. The number of anilines is 1. The second-order valence-corrected chi connectivity index (χ2v) is 8.59. The molecule has 3 aromatic rings. The van der Waals surface area contributed by atoms with Crippen LogP contribution in [0.25, 0.3) is 11.0 Å². The topological polar surface area (TPSA) is 140 Å². The van der Waals surface area contributed by atoms with E-state index in [1.807, 2.05) is 4.72 Å². The van der Waals surface area contributed by atoms with Gasteiger partial charge in [0, 0.05) is 47.3 Å². The molecule has 2 heterocycles. The van der Waals surface area contributed by atoms with Gasteiger partial charge < -0.3 is 15.8 Å². The van der Waals surface area contributed by atoms with Gasteiger partial charge in [-0.3, -0.25) is 9.52 Å². The molecule has 2 aromatic heterocycles. The van der Waals surface area contributed by atoms with E-state index in [4.69, 9.17) is 10.8 Å². The van der Waals surface area contributed by atoms with Gasteiger partial charge in [0.2, 0.25) is 15.8 Å². The average Bonchev–Trinajstić information content (AvgIpc) is 3.13. The molecule has 31 heavy (non-hydrogen) atoms. The van der Waals surface area contributed by atoms with E-state index < -0.39 is 38.7 Å². The molecule has 0 aliphatic rings. The molecule has 0 radical (unpaired) electrons. The summed E-state index contributed by atoms with van der Waals surface area (Å²) in [5.74, 6) is -3.72. The van der Waals surface area contributed by atoms with Gasteiger partial charge in [-0.2, -0.15) is 0 Å². The molecular formula is C20H19F2N5O3S. The minimum atomic E-state index is -3.85. The number of sulfonamides is 1. The van der Waals surface area contributed by atoms with E-state index in [2.05, 4.69) is 9.97 Å². The number of hydrogen-bond donors (Lipinski definition) is 4. The number of hydrogen-bond acceptors (Lipinski definition) is 6. The van der Waals surface area contributed by atoms with Crippen molar-refractivity contribution in [1.29, 1.82) is 10.8 Å². The maximum absolute atomic E-state index is 15.0. The number of H-pyrrole nitrogens is 1. The van der Waals surface area contributed by atoms with Crippen LogP contribution in [0.4, 0.5) is 14.5 Å². The fraction of sp³-hybridized carbons (Fsp3) is 0.200. The van der Waals surface area contributed by atoms with Crippen LogP contribution < -0.4 is 4.72 Å². The van der Waals surface area contributed by atoms with Crippen molar-refractivity contribution in [3.05, 3.63) is 58.9 Å². The Morgan fingerprint density at radius 1 is 1.32 bits per heavy atom. The molecule has 11 heteroatoms. The van der Waals surface area contributed by atoms with E-state index in [1.54, 1.807) is 6.92 Å². The van der Waals surface area contributed by atoms with Crippen molar-refractivity contribution in [2.24, 2.45) is 0 Å². The van der Waals surface area contributed by atoms with E-state index in [9.17, 15) is 22.0 Å². The molecule has 8 nitrogen and oxygen atoms in total. The smallest absolute Gasteiger partial charge is 0.232 e. The highest BCUT2D eigenvalue weighted by molar-refractivity contribution is 7.92. The molecule has 3 rings (SSSR count). The zero-order valence-electron chi connectivity index (χ0n) is 16.4. The molecule has 0 unspecified atom stereocenters. The highest BCUT2D eigenvalue weighted by Gasteiger charge is 2.26. The van der Waals surface area contributed by atoms with Crippen LogP contribution in [-0.2, 0) is 10.0 Å². The number of carbonyl (C=O) groups excluding carboxylic acids is 1. The Hall–Kier alpha value is -3.47.